The summed E-state index contributed by atoms with van der Waals surface area (Å²) in [6.45, 7) is 2.82. The highest BCUT2D eigenvalue weighted by molar-refractivity contribution is 6.31. The second-order valence-electron chi connectivity index (χ2n) is 5.18. The topological polar surface area (TPSA) is 32.5 Å². The first-order chi connectivity index (χ1) is 9.65. The van der Waals surface area contributed by atoms with Crippen LogP contribution in [-0.4, -0.2) is 20.1 Å². The van der Waals surface area contributed by atoms with Gasteiger partial charge in [-0.15, -0.1) is 0 Å². The highest BCUT2D eigenvalue weighted by Crippen LogP contribution is 2.33. The first-order valence-electron chi connectivity index (χ1n) is 6.74. The van der Waals surface area contributed by atoms with Crippen molar-refractivity contribution < 1.29 is 0 Å². The van der Waals surface area contributed by atoms with E-state index in [1.54, 1.807) is 0 Å². The van der Waals surface area contributed by atoms with Crippen molar-refractivity contribution >= 4 is 28.7 Å². The first-order valence-corrected chi connectivity index (χ1v) is 7.12. The van der Waals surface area contributed by atoms with Gasteiger partial charge in [0, 0.05) is 37.4 Å². The van der Waals surface area contributed by atoms with E-state index in [2.05, 4.69) is 41.1 Å². The largest absolute Gasteiger partial charge is 0.399 e. The van der Waals surface area contributed by atoms with E-state index in [1.165, 1.54) is 11.4 Å². The molecule has 0 fully saturated rings. The van der Waals surface area contributed by atoms with Crippen molar-refractivity contribution in [3.63, 3.8) is 0 Å². The predicted molar refractivity (Wildman–Crippen MR) is 86.6 cm³/mol. The Morgan fingerprint density at radius 2 is 1.85 bits per heavy atom. The molecular formula is C16H18ClN3. The second-order valence-corrected chi connectivity index (χ2v) is 5.59. The lowest BCUT2D eigenvalue weighted by molar-refractivity contribution is 0.735. The third-order valence-corrected chi connectivity index (χ3v) is 4.13. The van der Waals surface area contributed by atoms with E-state index in [-0.39, 0.29) is 0 Å². The maximum atomic E-state index is 6.29. The molecule has 0 saturated heterocycles. The van der Waals surface area contributed by atoms with Gasteiger partial charge in [0.1, 0.15) is 0 Å². The van der Waals surface area contributed by atoms with E-state index in [1.807, 2.05) is 18.2 Å². The standard InChI is InChI=1S/C16H18ClN3/c1-19-8-9-20(16-5-3-2-4-15(16)19)11-12-6-7-13(18)10-14(12)17/h2-7,10H,8-9,11,18H2,1H3. The molecule has 0 bridgehead atoms. The van der Waals surface area contributed by atoms with Crippen molar-refractivity contribution in [3.05, 3.63) is 53.1 Å². The lowest BCUT2D eigenvalue weighted by Crippen LogP contribution is -2.38. The van der Waals surface area contributed by atoms with Gasteiger partial charge in [-0.1, -0.05) is 29.8 Å². The average molecular weight is 288 g/mol. The Labute approximate surface area is 124 Å². The fourth-order valence-corrected chi connectivity index (χ4v) is 2.88. The quantitative estimate of drug-likeness (QED) is 0.860. The van der Waals surface area contributed by atoms with Crippen molar-refractivity contribution in [2.24, 2.45) is 0 Å². The van der Waals surface area contributed by atoms with Gasteiger partial charge in [0.2, 0.25) is 0 Å². The molecule has 0 spiro atoms. The summed E-state index contributed by atoms with van der Waals surface area (Å²) in [4.78, 5) is 4.66. The number of nitrogen functional groups attached to an aromatic ring is 1. The number of rotatable bonds is 2. The third-order valence-electron chi connectivity index (χ3n) is 3.78. The van der Waals surface area contributed by atoms with Crippen LogP contribution in [0.1, 0.15) is 5.56 Å². The molecule has 3 rings (SSSR count). The van der Waals surface area contributed by atoms with Gasteiger partial charge >= 0.3 is 0 Å². The van der Waals surface area contributed by atoms with Crippen LogP contribution in [-0.2, 0) is 6.54 Å². The van der Waals surface area contributed by atoms with E-state index in [0.29, 0.717) is 5.69 Å². The normalized spacial score (nSPS) is 14.3. The number of anilines is 3. The molecular weight excluding hydrogens is 270 g/mol. The van der Waals surface area contributed by atoms with Crippen molar-refractivity contribution in [3.8, 4) is 0 Å². The van der Waals surface area contributed by atoms with Crippen LogP contribution >= 0.6 is 11.6 Å². The molecule has 4 heteroatoms. The zero-order valence-electron chi connectivity index (χ0n) is 11.5. The minimum Gasteiger partial charge on any atom is -0.399 e. The van der Waals surface area contributed by atoms with Gasteiger partial charge in [-0.25, -0.2) is 0 Å². The Morgan fingerprint density at radius 1 is 1.10 bits per heavy atom. The predicted octanol–water partition coefficient (Wildman–Crippen LogP) is 3.38. The van der Waals surface area contributed by atoms with Gasteiger partial charge in [-0.3, -0.25) is 0 Å². The molecule has 0 atom stereocenters. The maximum absolute atomic E-state index is 6.29. The molecule has 104 valence electrons. The van der Waals surface area contributed by atoms with Crippen LogP contribution < -0.4 is 15.5 Å². The van der Waals surface area contributed by atoms with Crippen LogP contribution in [0.5, 0.6) is 0 Å². The number of fused-ring (bicyclic) bond motifs is 1. The third kappa shape index (κ3) is 2.41. The summed E-state index contributed by atoms with van der Waals surface area (Å²) in [5.74, 6) is 0. The number of hydrogen-bond donors (Lipinski definition) is 1. The molecule has 2 aromatic carbocycles. The summed E-state index contributed by atoms with van der Waals surface area (Å²) in [7, 11) is 2.13. The summed E-state index contributed by atoms with van der Waals surface area (Å²) in [6, 6.07) is 14.2. The molecule has 2 aromatic rings. The summed E-state index contributed by atoms with van der Waals surface area (Å²) < 4.78 is 0. The molecule has 0 radical (unpaired) electrons. The molecule has 1 aliphatic rings. The van der Waals surface area contributed by atoms with Crippen molar-refractivity contribution in [1.82, 2.24) is 0 Å². The Bertz CT molecular complexity index is 627. The van der Waals surface area contributed by atoms with Gasteiger partial charge in [0.05, 0.1) is 11.4 Å². The number of nitrogens with two attached hydrogens (primary N) is 1. The molecule has 0 unspecified atom stereocenters. The van der Waals surface area contributed by atoms with Gasteiger partial charge < -0.3 is 15.5 Å². The van der Waals surface area contributed by atoms with Crippen LogP contribution in [0.25, 0.3) is 0 Å². The highest BCUT2D eigenvalue weighted by atomic mass is 35.5. The molecule has 1 heterocycles. The minimum absolute atomic E-state index is 0.706. The fourth-order valence-electron chi connectivity index (χ4n) is 2.63. The van der Waals surface area contributed by atoms with Crippen molar-refractivity contribution in [1.29, 1.82) is 0 Å². The molecule has 20 heavy (non-hydrogen) atoms. The van der Waals surface area contributed by atoms with E-state index in [0.717, 1.165) is 30.2 Å². The summed E-state index contributed by atoms with van der Waals surface area (Å²) in [6.07, 6.45) is 0. The van der Waals surface area contributed by atoms with Gasteiger partial charge in [-0.05, 0) is 29.8 Å². The van der Waals surface area contributed by atoms with Crippen LogP contribution in [0, 0.1) is 0 Å². The van der Waals surface area contributed by atoms with Crippen LogP contribution in [0.2, 0.25) is 5.02 Å². The fraction of sp³-hybridized carbons (Fsp3) is 0.250. The summed E-state index contributed by atoms with van der Waals surface area (Å²) in [5, 5.41) is 0.737. The summed E-state index contributed by atoms with van der Waals surface area (Å²) in [5.41, 5.74) is 10.1. The Hall–Kier alpha value is -1.87. The van der Waals surface area contributed by atoms with Gasteiger partial charge in [0.15, 0.2) is 0 Å². The number of likely N-dealkylation sites (N-methyl/N-ethyl adjacent to an activating group) is 1. The molecule has 0 saturated carbocycles. The van der Waals surface area contributed by atoms with E-state index < -0.39 is 0 Å². The minimum atomic E-state index is 0.706. The second kappa shape index (κ2) is 5.25. The molecule has 3 nitrogen and oxygen atoms in total. The molecule has 1 aliphatic heterocycles. The van der Waals surface area contributed by atoms with Crippen LogP contribution in [0.15, 0.2) is 42.5 Å². The first kappa shape index (κ1) is 13.1. The Balaban J connectivity index is 1.90. The SMILES string of the molecule is CN1CCN(Cc2ccc(N)cc2Cl)c2ccccc21. The van der Waals surface area contributed by atoms with Gasteiger partial charge in [-0.2, -0.15) is 0 Å². The molecule has 0 aliphatic carbocycles. The van der Waals surface area contributed by atoms with E-state index in [9.17, 15) is 0 Å². The number of hydrogen-bond acceptors (Lipinski definition) is 3. The molecule has 0 aromatic heterocycles. The molecule has 0 amide bonds. The van der Waals surface area contributed by atoms with Crippen molar-refractivity contribution in [2.75, 3.05) is 35.7 Å². The van der Waals surface area contributed by atoms with E-state index >= 15 is 0 Å². The molecule has 2 N–H and O–H groups in total. The van der Waals surface area contributed by atoms with Crippen LogP contribution in [0.4, 0.5) is 17.1 Å². The zero-order valence-corrected chi connectivity index (χ0v) is 12.3. The Kier molecular flexibility index (Phi) is 3.45. The number of benzene rings is 2. The zero-order chi connectivity index (χ0) is 14.1. The average Bonchev–Trinajstić information content (AvgIpc) is 2.45. The van der Waals surface area contributed by atoms with Crippen molar-refractivity contribution in [2.45, 2.75) is 6.54 Å². The monoisotopic (exact) mass is 287 g/mol. The lowest BCUT2D eigenvalue weighted by atomic mass is 10.1. The number of para-hydroxylation sites is 2. The number of nitrogens with zero attached hydrogens (tertiary/aromatic N) is 2. The Morgan fingerprint density at radius 3 is 2.60 bits per heavy atom. The van der Waals surface area contributed by atoms with Crippen LogP contribution in [0.3, 0.4) is 0 Å². The highest BCUT2D eigenvalue weighted by Gasteiger charge is 2.20. The summed E-state index contributed by atoms with van der Waals surface area (Å²) >= 11 is 6.29. The van der Waals surface area contributed by atoms with E-state index in [4.69, 9.17) is 17.3 Å². The lowest BCUT2D eigenvalue weighted by Gasteiger charge is -2.37. The van der Waals surface area contributed by atoms with Gasteiger partial charge in [0.25, 0.3) is 0 Å². The maximum Gasteiger partial charge on any atom is 0.0607 e. The number of halogens is 1. The smallest absolute Gasteiger partial charge is 0.0607 e.